The van der Waals surface area contributed by atoms with Crippen molar-refractivity contribution in [2.24, 2.45) is 0 Å². The number of rotatable bonds is 3. The lowest BCUT2D eigenvalue weighted by molar-refractivity contribution is -0.00139. The number of benzene rings is 1. The lowest BCUT2D eigenvalue weighted by atomic mass is 9.59. The van der Waals surface area contributed by atoms with Gasteiger partial charge in [0.1, 0.15) is 17.1 Å². The summed E-state index contributed by atoms with van der Waals surface area (Å²) in [5.74, 6) is 1.28. The molecule has 1 saturated carbocycles. The second kappa shape index (κ2) is 4.79. The van der Waals surface area contributed by atoms with Crippen molar-refractivity contribution in [3.63, 3.8) is 0 Å². The van der Waals surface area contributed by atoms with Crippen LogP contribution in [0.2, 0.25) is 0 Å². The first kappa shape index (κ1) is 14.5. The Morgan fingerprint density at radius 3 is 2.81 bits per heavy atom. The van der Waals surface area contributed by atoms with E-state index in [4.69, 9.17) is 4.74 Å². The van der Waals surface area contributed by atoms with E-state index in [9.17, 15) is 5.11 Å². The molecule has 0 aromatic heterocycles. The maximum Gasteiger partial charge on any atom is 0.128 e. The summed E-state index contributed by atoms with van der Waals surface area (Å²) in [6, 6.07) is 4.06. The van der Waals surface area contributed by atoms with E-state index < -0.39 is 0 Å². The Bertz CT molecular complexity index is 589. The lowest BCUT2D eigenvalue weighted by Crippen LogP contribution is -2.50. The fourth-order valence-electron chi connectivity index (χ4n) is 4.37. The third kappa shape index (κ3) is 2.16. The molecule has 1 unspecified atom stereocenters. The van der Waals surface area contributed by atoms with Crippen LogP contribution in [-0.4, -0.2) is 10.7 Å². The van der Waals surface area contributed by atoms with Crippen LogP contribution in [0.1, 0.15) is 64.0 Å². The molecule has 1 aromatic carbocycles. The van der Waals surface area contributed by atoms with Crippen molar-refractivity contribution in [1.82, 2.24) is 0 Å². The van der Waals surface area contributed by atoms with Gasteiger partial charge in [0, 0.05) is 17.4 Å². The molecule has 1 fully saturated rings. The van der Waals surface area contributed by atoms with E-state index in [-0.39, 0.29) is 11.0 Å². The summed E-state index contributed by atoms with van der Waals surface area (Å²) in [6.45, 7) is 10.7. The molecule has 2 nitrogen and oxygen atoms in total. The second-order valence-corrected chi connectivity index (χ2v) is 7.18. The molecule has 1 aliphatic carbocycles. The predicted octanol–water partition coefficient (Wildman–Crippen LogP) is 4.88. The Morgan fingerprint density at radius 2 is 2.14 bits per heavy atom. The van der Waals surface area contributed by atoms with Crippen LogP contribution in [0.4, 0.5) is 0 Å². The quantitative estimate of drug-likeness (QED) is 0.802. The van der Waals surface area contributed by atoms with Gasteiger partial charge in [-0.2, -0.15) is 0 Å². The van der Waals surface area contributed by atoms with Crippen molar-refractivity contribution < 1.29 is 9.84 Å². The van der Waals surface area contributed by atoms with Crippen molar-refractivity contribution in [3.8, 4) is 11.5 Å². The number of ether oxygens (including phenoxy) is 1. The molecule has 0 saturated heterocycles. The third-order valence-corrected chi connectivity index (χ3v) is 5.32. The fourth-order valence-corrected chi connectivity index (χ4v) is 4.37. The minimum atomic E-state index is -0.124. The molecule has 2 bridgehead atoms. The van der Waals surface area contributed by atoms with Crippen LogP contribution < -0.4 is 4.74 Å². The van der Waals surface area contributed by atoms with Gasteiger partial charge in [-0.25, -0.2) is 0 Å². The number of allylic oxidation sites excluding steroid dienone is 1. The first-order chi connectivity index (χ1) is 9.90. The van der Waals surface area contributed by atoms with Crippen LogP contribution >= 0.6 is 0 Å². The van der Waals surface area contributed by atoms with E-state index in [1.807, 2.05) is 6.07 Å². The molecular weight excluding hydrogens is 260 g/mol. The molecule has 21 heavy (non-hydrogen) atoms. The summed E-state index contributed by atoms with van der Waals surface area (Å²) >= 11 is 0. The number of hydrogen-bond acceptors (Lipinski definition) is 2. The Morgan fingerprint density at radius 1 is 1.38 bits per heavy atom. The molecule has 0 radical (unpaired) electrons. The molecule has 1 N–H and O–H groups in total. The highest BCUT2D eigenvalue weighted by Gasteiger charge is 2.51. The fraction of sp³-hybridized carbons (Fsp3) is 0.579. The average Bonchev–Trinajstić information content (AvgIpc) is 2.36. The summed E-state index contributed by atoms with van der Waals surface area (Å²) in [6.07, 6.45) is 6.25. The third-order valence-electron chi connectivity index (χ3n) is 5.32. The van der Waals surface area contributed by atoms with Crippen molar-refractivity contribution in [1.29, 1.82) is 0 Å². The number of phenols is 1. The highest BCUT2D eigenvalue weighted by atomic mass is 16.5. The van der Waals surface area contributed by atoms with E-state index in [0.717, 1.165) is 61.0 Å². The molecule has 1 heterocycles. The molecule has 2 aliphatic rings. The number of phenolic OH excluding ortho intramolecular Hbond substituents is 1. The summed E-state index contributed by atoms with van der Waals surface area (Å²) in [5, 5.41) is 10.7. The van der Waals surface area contributed by atoms with Crippen LogP contribution in [0.25, 0.3) is 0 Å². The zero-order valence-electron chi connectivity index (χ0n) is 13.5. The Kier molecular flexibility index (Phi) is 3.31. The van der Waals surface area contributed by atoms with Gasteiger partial charge in [0.25, 0.3) is 0 Å². The summed E-state index contributed by atoms with van der Waals surface area (Å²) in [5.41, 5.74) is 3.05. The highest BCUT2D eigenvalue weighted by Crippen LogP contribution is 2.58. The van der Waals surface area contributed by atoms with Gasteiger partial charge in [0.05, 0.1) is 0 Å². The van der Waals surface area contributed by atoms with Crippen molar-refractivity contribution in [2.75, 3.05) is 0 Å². The minimum absolute atomic E-state index is 0.116. The van der Waals surface area contributed by atoms with Gasteiger partial charge in [0.2, 0.25) is 0 Å². The SMILES string of the molecule is C=C(C)C12CCC[C@](C)(C1)Oc1cc(CCC)cc(O)c12. The Balaban J connectivity index is 2.20. The average molecular weight is 286 g/mol. The van der Waals surface area contributed by atoms with E-state index in [1.165, 1.54) is 0 Å². The van der Waals surface area contributed by atoms with Gasteiger partial charge in [-0.15, -0.1) is 0 Å². The van der Waals surface area contributed by atoms with E-state index >= 15 is 0 Å². The number of fused-ring (bicyclic) bond motifs is 4. The number of aromatic hydroxyl groups is 1. The van der Waals surface area contributed by atoms with Crippen LogP contribution in [0.5, 0.6) is 11.5 Å². The normalized spacial score (nSPS) is 30.4. The molecule has 1 aromatic rings. The first-order valence-corrected chi connectivity index (χ1v) is 8.11. The maximum absolute atomic E-state index is 10.7. The standard InChI is InChI=1S/C19H26O2/c1-5-7-14-10-15(20)17-16(11-14)21-18(4)8-6-9-19(17,12-18)13(2)3/h10-11,20H,2,5-9,12H2,1,3-4H3/t18-,19?/m1/s1. The van der Waals surface area contributed by atoms with Gasteiger partial charge in [0.15, 0.2) is 0 Å². The zero-order valence-corrected chi connectivity index (χ0v) is 13.5. The summed E-state index contributed by atoms with van der Waals surface area (Å²) in [7, 11) is 0. The topological polar surface area (TPSA) is 29.5 Å². The van der Waals surface area contributed by atoms with Crippen molar-refractivity contribution in [3.05, 3.63) is 35.4 Å². The van der Waals surface area contributed by atoms with Crippen molar-refractivity contribution in [2.45, 2.75) is 70.3 Å². The predicted molar refractivity (Wildman–Crippen MR) is 86.1 cm³/mol. The first-order valence-electron chi connectivity index (χ1n) is 8.11. The van der Waals surface area contributed by atoms with Crippen LogP contribution in [0, 0.1) is 0 Å². The molecule has 2 atom stereocenters. The molecule has 3 rings (SSSR count). The van der Waals surface area contributed by atoms with Gasteiger partial charge in [-0.3, -0.25) is 0 Å². The van der Waals surface area contributed by atoms with Crippen molar-refractivity contribution >= 4 is 0 Å². The summed E-state index contributed by atoms with van der Waals surface area (Å²) < 4.78 is 6.33. The van der Waals surface area contributed by atoms with Crippen LogP contribution in [0.3, 0.4) is 0 Å². The largest absolute Gasteiger partial charge is 0.507 e. The van der Waals surface area contributed by atoms with Gasteiger partial charge < -0.3 is 9.84 Å². The molecule has 0 spiro atoms. The molecule has 0 amide bonds. The Hall–Kier alpha value is -1.44. The van der Waals surface area contributed by atoms with E-state index in [0.29, 0.717) is 5.75 Å². The number of hydrogen-bond donors (Lipinski definition) is 1. The van der Waals surface area contributed by atoms with Crippen LogP contribution in [-0.2, 0) is 11.8 Å². The summed E-state index contributed by atoms with van der Waals surface area (Å²) in [4.78, 5) is 0. The second-order valence-electron chi connectivity index (χ2n) is 7.18. The molecule has 114 valence electrons. The molecule has 2 heteroatoms. The van der Waals surface area contributed by atoms with Gasteiger partial charge in [-0.1, -0.05) is 25.5 Å². The molecular formula is C19H26O2. The smallest absolute Gasteiger partial charge is 0.128 e. The number of aryl methyl sites for hydroxylation is 1. The van der Waals surface area contributed by atoms with E-state index in [2.05, 4.69) is 33.4 Å². The van der Waals surface area contributed by atoms with Crippen LogP contribution in [0.15, 0.2) is 24.3 Å². The highest BCUT2D eigenvalue weighted by molar-refractivity contribution is 5.57. The maximum atomic E-state index is 10.7. The van der Waals surface area contributed by atoms with Gasteiger partial charge >= 0.3 is 0 Å². The molecule has 1 aliphatic heterocycles. The van der Waals surface area contributed by atoms with E-state index in [1.54, 1.807) is 0 Å². The monoisotopic (exact) mass is 286 g/mol. The zero-order chi connectivity index (χ0) is 15.3. The lowest BCUT2D eigenvalue weighted by Gasteiger charge is -2.52. The van der Waals surface area contributed by atoms with Gasteiger partial charge in [-0.05, 0) is 57.2 Å². The minimum Gasteiger partial charge on any atom is -0.507 e. The Labute approximate surface area is 127 Å².